The Morgan fingerprint density at radius 3 is 2.85 bits per heavy atom. The molecule has 4 rings (SSSR count). The molecule has 0 spiro atoms. The van der Waals surface area contributed by atoms with Gasteiger partial charge in [0.2, 0.25) is 0 Å². The molecule has 0 saturated heterocycles. The Morgan fingerprint density at radius 2 is 2.08 bits per heavy atom. The van der Waals surface area contributed by atoms with Gasteiger partial charge in [-0.1, -0.05) is 42.4 Å². The van der Waals surface area contributed by atoms with Crippen LogP contribution < -0.4 is 0 Å². The summed E-state index contributed by atoms with van der Waals surface area (Å²) in [6.07, 6.45) is 0.0431. The topological polar surface area (TPSA) is 84.4 Å². The van der Waals surface area contributed by atoms with Crippen LogP contribution in [0.5, 0.6) is 0 Å². The molecule has 1 amide bonds. The van der Waals surface area contributed by atoms with E-state index in [0.717, 1.165) is 11.3 Å². The van der Waals surface area contributed by atoms with Gasteiger partial charge < -0.3 is 14.5 Å². The van der Waals surface area contributed by atoms with Crippen LogP contribution in [0, 0.1) is 0 Å². The number of aliphatic hydroxyl groups excluding tert-OH is 1. The van der Waals surface area contributed by atoms with Crippen LogP contribution in [0.1, 0.15) is 41.3 Å². The third-order valence-electron chi connectivity index (χ3n) is 4.62. The van der Waals surface area contributed by atoms with Crippen LogP contribution in [-0.2, 0) is 13.1 Å². The molecule has 2 aromatic heterocycles. The fourth-order valence-electron chi connectivity index (χ4n) is 3.11. The van der Waals surface area contributed by atoms with Crippen molar-refractivity contribution in [2.45, 2.75) is 32.5 Å². The molecule has 1 aliphatic rings. The number of carbonyl (C=O) groups excluding carboxylic acids is 1. The number of aromatic nitrogens is 3. The molecular formula is C19H20N4O3. The smallest absolute Gasteiger partial charge is 0.276 e. The van der Waals surface area contributed by atoms with Crippen molar-refractivity contribution in [3.8, 4) is 11.3 Å². The summed E-state index contributed by atoms with van der Waals surface area (Å²) < 4.78 is 7.19. The van der Waals surface area contributed by atoms with Gasteiger partial charge in [0.1, 0.15) is 0 Å². The molecule has 1 aliphatic heterocycles. The summed E-state index contributed by atoms with van der Waals surface area (Å²) in [7, 11) is 0. The molecule has 26 heavy (non-hydrogen) atoms. The molecule has 0 aliphatic carbocycles. The Balaban J connectivity index is 1.51. The van der Waals surface area contributed by atoms with Gasteiger partial charge in [-0.2, -0.15) is 5.10 Å². The molecule has 0 bridgehead atoms. The Bertz CT molecular complexity index is 916. The van der Waals surface area contributed by atoms with Crippen LogP contribution in [0.2, 0.25) is 0 Å². The Kier molecular flexibility index (Phi) is 4.30. The molecule has 0 saturated carbocycles. The van der Waals surface area contributed by atoms with Gasteiger partial charge in [-0.15, -0.1) is 0 Å². The van der Waals surface area contributed by atoms with Gasteiger partial charge in [-0.3, -0.25) is 9.48 Å². The molecule has 7 nitrogen and oxygen atoms in total. The number of aliphatic hydroxyl groups is 1. The quantitative estimate of drug-likeness (QED) is 0.780. The standard InChI is InChI=1S/C19H20N4O3/c1-2-17(24)15-10-14-12-22(8-9-23(14)20-15)19(25)16-11-18(26-21-16)13-6-4-3-5-7-13/h3-7,10-11,17,24H,2,8-9,12H2,1H3/t17-/m1/s1. The average molecular weight is 352 g/mol. The van der Waals surface area contributed by atoms with E-state index in [0.29, 0.717) is 43.2 Å². The SMILES string of the molecule is CC[C@@H](O)c1cc2n(n1)CCN(C(=O)c1cc(-c3ccccc3)on1)C2. The molecule has 1 aromatic carbocycles. The van der Waals surface area contributed by atoms with E-state index >= 15 is 0 Å². The van der Waals surface area contributed by atoms with Crippen molar-refractivity contribution in [1.82, 2.24) is 19.8 Å². The summed E-state index contributed by atoms with van der Waals surface area (Å²) in [5.41, 5.74) is 2.75. The van der Waals surface area contributed by atoms with E-state index in [2.05, 4.69) is 10.3 Å². The third kappa shape index (κ3) is 3.01. The number of nitrogens with zero attached hydrogens (tertiary/aromatic N) is 4. The van der Waals surface area contributed by atoms with E-state index in [1.807, 2.05) is 48.0 Å². The largest absolute Gasteiger partial charge is 0.387 e. The molecule has 0 radical (unpaired) electrons. The predicted octanol–water partition coefficient (Wildman–Crippen LogP) is 2.64. The van der Waals surface area contributed by atoms with E-state index in [-0.39, 0.29) is 5.91 Å². The van der Waals surface area contributed by atoms with Crippen molar-refractivity contribution in [3.63, 3.8) is 0 Å². The highest BCUT2D eigenvalue weighted by Gasteiger charge is 2.26. The van der Waals surface area contributed by atoms with Crippen molar-refractivity contribution in [2.75, 3.05) is 6.54 Å². The molecule has 1 atom stereocenters. The molecule has 7 heteroatoms. The van der Waals surface area contributed by atoms with Crippen molar-refractivity contribution in [3.05, 3.63) is 59.5 Å². The van der Waals surface area contributed by atoms with E-state index in [1.165, 1.54) is 0 Å². The van der Waals surface area contributed by atoms with Gasteiger partial charge >= 0.3 is 0 Å². The number of rotatable bonds is 4. The van der Waals surface area contributed by atoms with Crippen LogP contribution in [0.4, 0.5) is 0 Å². The molecule has 3 heterocycles. The number of carbonyl (C=O) groups is 1. The van der Waals surface area contributed by atoms with Crippen LogP contribution in [-0.4, -0.2) is 37.4 Å². The number of amides is 1. The highest BCUT2D eigenvalue weighted by atomic mass is 16.5. The highest BCUT2D eigenvalue weighted by Crippen LogP contribution is 2.23. The third-order valence-corrected chi connectivity index (χ3v) is 4.62. The van der Waals surface area contributed by atoms with Crippen molar-refractivity contribution in [2.24, 2.45) is 0 Å². The molecule has 134 valence electrons. The molecule has 0 fully saturated rings. The van der Waals surface area contributed by atoms with E-state index < -0.39 is 6.10 Å². The van der Waals surface area contributed by atoms with Crippen molar-refractivity contribution >= 4 is 5.91 Å². The van der Waals surface area contributed by atoms with Crippen LogP contribution in [0.3, 0.4) is 0 Å². The van der Waals surface area contributed by atoms with Crippen LogP contribution in [0.25, 0.3) is 11.3 Å². The minimum atomic E-state index is -0.568. The minimum Gasteiger partial charge on any atom is -0.387 e. The second-order valence-electron chi connectivity index (χ2n) is 6.38. The fourth-order valence-corrected chi connectivity index (χ4v) is 3.11. The lowest BCUT2D eigenvalue weighted by Gasteiger charge is -2.26. The molecule has 1 N–H and O–H groups in total. The minimum absolute atomic E-state index is 0.166. The first-order chi connectivity index (χ1) is 12.7. The number of hydrogen-bond donors (Lipinski definition) is 1. The van der Waals surface area contributed by atoms with Gasteiger partial charge in [0, 0.05) is 18.2 Å². The van der Waals surface area contributed by atoms with Crippen LogP contribution >= 0.6 is 0 Å². The lowest BCUT2D eigenvalue weighted by Crippen LogP contribution is -2.38. The van der Waals surface area contributed by atoms with E-state index in [1.54, 1.807) is 11.0 Å². The zero-order chi connectivity index (χ0) is 18.1. The first-order valence-corrected chi connectivity index (χ1v) is 8.72. The number of benzene rings is 1. The average Bonchev–Trinajstić information content (AvgIpc) is 3.34. The second-order valence-corrected chi connectivity index (χ2v) is 6.38. The highest BCUT2D eigenvalue weighted by molar-refractivity contribution is 5.93. The van der Waals surface area contributed by atoms with Crippen molar-refractivity contribution in [1.29, 1.82) is 0 Å². The number of hydrogen-bond acceptors (Lipinski definition) is 5. The van der Waals surface area contributed by atoms with E-state index in [9.17, 15) is 9.90 Å². The summed E-state index contributed by atoms with van der Waals surface area (Å²) in [5, 5.41) is 18.3. The summed E-state index contributed by atoms with van der Waals surface area (Å²) >= 11 is 0. The van der Waals surface area contributed by atoms with Crippen LogP contribution in [0.15, 0.2) is 47.0 Å². The summed E-state index contributed by atoms with van der Waals surface area (Å²) in [4.78, 5) is 14.5. The monoisotopic (exact) mass is 352 g/mol. The zero-order valence-corrected chi connectivity index (χ0v) is 14.5. The summed E-state index contributed by atoms with van der Waals surface area (Å²) in [6, 6.07) is 13.1. The maximum Gasteiger partial charge on any atom is 0.276 e. The van der Waals surface area contributed by atoms with Gasteiger partial charge in [-0.05, 0) is 12.5 Å². The lowest BCUT2D eigenvalue weighted by molar-refractivity contribution is 0.0695. The fraction of sp³-hybridized carbons (Fsp3) is 0.316. The first-order valence-electron chi connectivity index (χ1n) is 8.72. The zero-order valence-electron chi connectivity index (χ0n) is 14.5. The predicted molar refractivity (Wildman–Crippen MR) is 94.2 cm³/mol. The van der Waals surface area contributed by atoms with Crippen molar-refractivity contribution < 1.29 is 14.4 Å². The molecule has 0 unspecified atom stereocenters. The maximum absolute atomic E-state index is 12.8. The van der Waals surface area contributed by atoms with Gasteiger partial charge in [0.25, 0.3) is 5.91 Å². The molecular weight excluding hydrogens is 332 g/mol. The lowest BCUT2D eigenvalue weighted by atomic mass is 10.1. The van der Waals surface area contributed by atoms with Gasteiger partial charge in [0.15, 0.2) is 11.5 Å². The Labute approximate surface area is 150 Å². The first kappa shape index (κ1) is 16.5. The summed E-state index contributed by atoms with van der Waals surface area (Å²) in [6.45, 7) is 3.49. The summed E-state index contributed by atoms with van der Waals surface area (Å²) in [5.74, 6) is 0.408. The Morgan fingerprint density at radius 1 is 1.27 bits per heavy atom. The Hall–Kier alpha value is -2.93. The normalized spacial score (nSPS) is 14.9. The van der Waals surface area contributed by atoms with Gasteiger partial charge in [0.05, 0.1) is 30.6 Å². The number of fused-ring (bicyclic) bond motifs is 1. The maximum atomic E-state index is 12.8. The van der Waals surface area contributed by atoms with E-state index in [4.69, 9.17) is 4.52 Å². The van der Waals surface area contributed by atoms with Gasteiger partial charge in [-0.25, -0.2) is 0 Å². The second kappa shape index (κ2) is 6.76. The molecule has 3 aromatic rings.